The van der Waals surface area contributed by atoms with Gasteiger partial charge in [-0.25, -0.2) is 0 Å². The predicted molar refractivity (Wildman–Crippen MR) is 82.2 cm³/mol. The first-order valence-electron chi connectivity index (χ1n) is 7.11. The maximum atomic E-state index is 6.36. The average Bonchev–Trinajstić information content (AvgIpc) is 2.40. The molecule has 1 nitrogen and oxygen atoms in total. The molecule has 1 atom stereocenters. The summed E-state index contributed by atoms with van der Waals surface area (Å²) in [5.41, 5.74) is 10.3. The van der Waals surface area contributed by atoms with Gasteiger partial charge < -0.3 is 5.73 Å². The van der Waals surface area contributed by atoms with Crippen LogP contribution in [-0.4, -0.2) is 11.0 Å². The Labute approximate surface area is 116 Å². The highest BCUT2D eigenvalue weighted by Gasteiger charge is 2.16. The minimum absolute atomic E-state index is 0.192. The number of hydrogen-bond acceptors (Lipinski definition) is 2. The molecule has 1 fully saturated rings. The molecule has 0 amide bonds. The molecule has 0 aliphatic heterocycles. The molecular weight excluding hydrogens is 238 g/mol. The maximum Gasteiger partial charge on any atom is 0.0389 e. The first kappa shape index (κ1) is 14.0. The second kappa shape index (κ2) is 6.63. The number of nitrogens with two attached hydrogens (primary N) is 1. The van der Waals surface area contributed by atoms with Crippen molar-refractivity contribution < 1.29 is 0 Å². The Morgan fingerprint density at radius 1 is 1.22 bits per heavy atom. The first-order valence-corrected chi connectivity index (χ1v) is 8.16. The average molecular weight is 263 g/mol. The van der Waals surface area contributed by atoms with Crippen molar-refractivity contribution in [1.29, 1.82) is 0 Å². The minimum atomic E-state index is 0.192. The van der Waals surface area contributed by atoms with Gasteiger partial charge in [-0.15, -0.1) is 0 Å². The lowest BCUT2D eigenvalue weighted by atomic mass is 10.0. The minimum Gasteiger partial charge on any atom is -0.323 e. The molecule has 2 heteroatoms. The van der Waals surface area contributed by atoms with E-state index >= 15 is 0 Å². The van der Waals surface area contributed by atoms with Crippen LogP contribution in [0.2, 0.25) is 0 Å². The summed E-state index contributed by atoms with van der Waals surface area (Å²) in [4.78, 5) is 0. The lowest BCUT2D eigenvalue weighted by Gasteiger charge is -2.23. The third kappa shape index (κ3) is 3.76. The lowest BCUT2D eigenvalue weighted by Crippen LogP contribution is -2.18. The van der Waals surface area contributed by atoms with Crippen LogP contribution in [0.25, 0.3) is 0 Å². The van der Waals surface area contributed by atoms with E-state index < -0.39 is 0 Å². The molecule has 100 valence electrons. The molecule has 1 aromatic carbocycles. The summed E-state index contributed by atoms with van der Waals surface area (Å²) in [7, 11) is 0. The van der Waals surface area contributed by atoms with E-state index in [0.29, 0.717) is 0 Å². The van der Waals surface area contributed by atoms with E-state index in [1.54, 1.807) is 0 Å². The summed E-state index contributed by atoms with van der Waals surface area (Å²) >= 11 is 2.09. The summed E-state index contributed by atoms with van der Waals surface area (Å²) in [5, 5.41) is 0.856. The van der Waals surface area contributed by atoms with Gasteiger partial charge in [-0.2, -0.15) is 11.8 Å². The van der Waals surface area contributed by atoms with Crippen molar-refractivity contribution in [3.8, 4) is 0 Å². The van der Waals surface area contributed by atoms with Crippen LogP contribution in [0.4, 0.5) is 0 Å². The third-order valence-corrected chi connectivity index (χ3v) is 5.39. The predicted octanol–water partition coefficient (Wildman–Crippen LogP) is 4.37. The van der Waals surface area contributed by atoms with E-state index in [1.165, 1.54) is 48.8 Å². The summed E-state index contributed by atoms with van der Waals surface area (Å²) in [6.07, 6.45) is 7.04. The molecule has 0 saturated heterocycles. The van der Waals surface area contributed by atoms with Gasteiger partial charge in [0.05, 0.1) is 0 Å². The largest absolute Gasteiger partial charge is 0.323 e. The fourth-order valence-electron chi connectivity index (χ4n) is 2.72. The normalized spacial score (nSPS) is 18.8. The molecule has 0 spiro atoms. The fourth-order valence-corrected chi connectivity index (χ4v) is 4.05. The zero-order valence-electron chi connectivity index (χ0n) is 11.6. The third-order valence-electron chi connectivity index (χ3n) is 3.90. The zero-order chi connectivity index (χ0) is 13.0. The van der Waals surface area contributed by atoms with Crippen LogP contribution in [0.15, 0.2) is 18.2 Å². The SMILES string of the molecule is Cc1ccc(C)c(C(N)CSC2CCCCC2)c1. The van der Waals surface area contributed by atoms with Gasteiger partial charge in [0, 0.05) is 17.0 Å². The van der Waals surface area contributed by atoms with Crippen molar-refractivity contribution in [2.45, 2.75) is 57.2 Å². The highest BCUT2D eigenvalue weighted by Crippen LogP contribution is 2.31. The smallest absolute Gasteiger partial charge is 0.0389 e. The Kier molecular flexibility index (Phi) is 5.13. The monoisotopic (exact) mass is 263 g/mol. The number of aryl methyl sites for hydroxylation is 2. The Balaban J connectivity index is 1.90. The fraction of sp³-hybridized carbons (Fsp3) is 0.625. The quantitative estimate of drug-likeness (QED) is 0.873. The standard InChI is InChI=1S/C16H25NS/c1-12-8-9-13(2)15(10-12)16(17)11-18-14-6-4-3-5-7-14/h8-10,14,16H,3-7,11,17H2,1-2H3. The van der Waals surface area contributed by atoms with E-state index in [2.05, 4.69) is 43.8 Å². The Morgan fingerprint density at radius 3 is 2.67 bits per heavy atom. The maximum absolute atomic E-state index is 6.36. The Bertz CT molecular complexity index is 383. The lowest BCUT2D eigenvalue weighted by molar-refractivity contribution is 0.515. The molecule has 1 aromatic rings. The topological polar surface area (TPSA) is 26.0 Å². The summed E-state index contributed by atoms with van der Waals surface area (Å²) in [6.45, 7) is 4.31. The second-order valence-electron chi connectivity index (χ2n) is 5.56. The van der Waals surface area contributed by atoms with Crippen molar-refractivity contribution in [2.75, 3.05) is 5.75 Å². The van der Waals surface area contributed by atoms with Crippen molar-refractivity contribution in [2.24, 2.45) is 5.73 Å². The number of benzene rings is 1. The van der Waals surface area contributed by atoms with Crippen molar-refractivity contribution in [3.63, 3.8) is 0 Å². The van der Waals surface area contributed by atoms with Crippen molar-refractivity contribution in [3.05, 3.63) is 34.9 Å². The molecule has 0 radical (unpaired) electrons. The van der Waals surface area contributed by atoms with Gasteiger partial charge in [0.1, 0.15) is 0 Å². The van der Waals surface area contributed by atoms with Crippen LogP contribution in [0, 0.1) is 13.8 Å². The molecular formula is C16H25NS. The van der Waals surface area contributed by atoms with Crippen LogP contribution in [0.1, 0.15) is 54.8 Å². The van der Waals surface area contributed by atoms with Crippen LogP contribution in [-0.2, 0) is 0 Å². The van der Waals surface area contributed by atoms with Gasteiger partial charge in [0.25, 0.3) is 0 Å². The number of rotatable bonds is 4. The van der Waals surface area contributed by atoms with Crippen LogP contribution < -0.4 is 5.73 Å². The van der Waals surface area contributed by atoms with Gasteiger partial charge in [0.15, 0.2) is 0 Å². The van der Waals surface area contributed by atoms with Crippen molar-refractivity contribution in [1.82, 2.24) is 0 Å². The molecule has 2 N–H and O–H groups in total. The van der Waals surface area contributed by atoms with Gasteiger partial charge in [0.2, 0.25) is 0 Å². The number of thioether (sulfide) groups is 1. The van der Waals surface area contributed by atoms with Gasteiger partial charge >= 0.3 is 0 Å². The highest BCUT2D eigenvalue weighted by atomic mass is 32.2. The van der Waals surface area contributed by atoms with Crippen LogP contribution >= 0.6 is 11.8 Å². The zero-order valence-corrected chi connectivity index (χ0v) is 12.4. The van der Waals surface area contributed by atoms with E-state index in [1.807, 2.05) is 0 Å². The van der Waals surface area contributed by atoms with Crippen molar-refractivity contribution >= 4 is 11.8 Å². The van der Waals surface area contributed by atoms with Crippen LogP contribution in [0.3, 0.4) is 0 Å². The molecule has 1 aliphatic carbocycles. The molecule has 2 rings (SSSR count). The van der Waals surface area contributed by atoms with Crippen LogP contribution in [0.5, 0.6) is 0 Å². The van der Waals surface area contributed by atoms with Gasteiger partial charge in [-0.3, -0.25) is 0 Å². The highest BCUT2D eigenvalue weighted by molar-refractivity contribution is 7.99. The molecule has 0 heterocycles. The number of hydrogen-bond donors (Lipinski definition) is 1. The molecule has 0 aromatic heterocycles. The Hall–Kier alpha value is -0.470. The molecule has 1 aliphatic rings. The molecule has 1 unspecified atom stereocenters. The molecule has 0 bridgehead atoms. The van der Waals surface area contributed by atoms with E-state index in [0.717, 1.165) is 11.0 Å². The molecule has 1 saturated carbocycles. The Morgan fingerprint density at radius 2 is 1.94 bits per heavy atom. The van der Waals surface area contributed by atoms with E-state index in [-0.39, 0.29) is 6.04 Å². The van der Waals surface area contributed by atoms with E-state index in [4.69, 9.17) is 5.73 Å². The van der Waals surface area contributed by atoms with Gasteiger partial charge in [-0.1, -0.05) is 43.0 Å². The summed E-state index contributed by atoms with van der Waals surface area (Å²) in [6, 6.07) is 6.80. The van der Waals surface area contributed by atoms with E-state index in [9.17, 15) is 0 Å². The first-order chi connectivity index (χ1) is 8.66. The molecule has 18 heavy (non-hydrogen) atoms. The van der Waals surface area contributed by atoms with Gasteiger partial charge in [-0.05, 0) is 37.8 Å². The summed E-state index contributed by atoms with van der Waals surface area (Å²) < 4.78 is 0. The second-order valence-corrected chi connectivity index (χ2v) is 6.89. The summed E-state index contributed by atoms with van der Waals surface area (Å²) in [5.74, 6) is 1.06.